The van der Waals surface area contributed by atoms with Crippen LogP contribution < -0.4 is 4.90 Å². The molecule has 0 fully saturated rings. The fourth-order valence-electron chi connectivity index (χ4n) is 2.55. The Morgan fingerprint density at radius 3 is 2.42 bits per heavy atom. The standard InChI is InChI=1S/C19H27N3OS/c1-13(2)12-22-15(4)14(3)20-19(22)24-16(5)18(23)21(6)17-10-8-7-9-11-17/h7-11,13,16H,12H2,1-6H3. The fraction of sp³-hybridized carbons (Fsp3) is 0.474. The number of hydrogen-bond acceptors (Lipinski definition) is 3. The zero-order chi connectivity index (χ0) is 17.9. The number of nitrogens with zero attached hydrogens (tertiary/aromatic N) is 3. The van der Waals surface area contributed by atoms with Crippen molar-refractivity contribution >= 4 is 23.4 Å². The highest BCUT2D eigenvalue weighted by Crippen LogP contribution is 2.28. The molecule has 130 valence electrons. The number of thioether (sulfide) groups is 1. The van der Waals surface area contributed by atoms with Gasteiger partial charge in [0.25, 0.3) is 0 Å². The van der Waals surface area contributed by atoms with E-state index in [1.165, 1.54) is 17.5 Å². The summed E-state index contributed by atoms with van der Waals surface area (Å²) in [5.74, 6) is 0.621. The maximum atomic E-state index is 12.7. The zero-order valence-corrected chi connectivity index (χ0v) is 16.2. The van der Waals surface area contributed by atoms with Crippen molar-refractivity contribution in [2.75, 3.05) is 11.9 Å². The van der Waals surface area contributed by atoms with Gasteiger partial charge in [0.15, 0.2) is 5.16 Å². The molecule has 0 saturated heterocycles. The third-order valence-electron chi connectivity index (χ3n) is 4.07. The van der Waals surface area contributed by atoms with Gasteiger partial charge < -0.3 is 9.47 Å². The Balaban J connectivity index is 2.16. The maximum Gasteiger partial charge on any atom is 0.240 e. The predicted molar refractivity (Wildman–Crippen MR) is 102 cm³/mol. The average molecular weight is 346 g/mol. The molecule has 1 aromatic heterocycles. The Morgan fingerprint density at radius 2 is 1.83 bits per heavy atom. The molecule has 4 nitrogen and oxygen atoms in total. The van der Waals surface area contributed by atoms with Crippen LogP contribution in [0.2, 0.25) is 0 Å². The van der Waals surface area contributed by atoms with Gasteiger partial charge in [-0.3, -0.25) is 4.79 Å². The molecule has 1 heterocycles. The second-order valence-corrected chi connectivity index (χ2v) is 7.87. The molecule has 5 heteroatoms. The SMILES string of the molecule is Cc1nc(SC(C)C(=O)N(C)c2ccccc2)n(CC(C)C)c1C. The normalized spacial score (nSPS) is 12.5. The summed E-state index contributed by atoms with van der Waals surface area (Å²) in [5, 5.41) is 0.739. The third-order valence-corrected chi connectivity index (χ3v) is 5.15. The van der Waals surface area contributed by atoms with Gasteiger partial charge in [-0.1, -0.05) is 43.8 Å². The summed E-state index contributed by atoms with van der Waals surface area (Å²) in [6, 6.07) is 9.73. The van der Waals surface area contributed by atoms with Crippen molar-refractivity contribution in [2.24, 2.45) is 5.92 Å². The van der Waals surface area contributed by atoms with E-state index in [0.29, 0.717) is 5.92 Å². The highest BCUT2D eigenvalue weighted by Gasteiger charge is 2.23. The summed E-state index contributed by atoms with van der Waals surface area (Å²) in [5.41, 5.74) is 3.13. The average Bonchev–Trinajstić information content (AvgIpc) is 2.81. The van der Waals surface area contributed by atoms with Gasteiger partial charge in [0.2, 0.25) is 5.91 Å². The maximum absolute atomic E-state index is 12.7. The number of amides is 1. The Bertz CT molecular complexity index is 694. The van der Waals surface area contributed by atoms with Gasteiger partial charge >= 0.3 is 0 Å². The van der Waals surface area contributed by atoms with Crippen LogP contribution in [-0.2, 0) is 11.3 Å². The molecule has 0 aliphatic rings. The van der Waals surface area contributed by atoms with E-state index in [0.717, 1.165) is 23.1 Å². The van der Waals surface area contributed by atoms with Gasteiger partial charge in [-0.05, 0) is 38.8 Å². The Kier molecular flexibility index (Phi) is 6.10. The molecule has 0 radical (unpaired) electrons. The van der Waals surface area contributed by atoms with Crippen LogP contribution in [0.3, 0.4) is 0 Å². The number of anilines is 1. The van der Waals surface area contributed by atoms with E-state index >= 15 is 0 Å². The minimum absolute atomic E-state index is 0.0839. The van der Waals surface area contributed by atoms with E-state index in [1.807, 2.05) is 51.2 Å². The predicted octanol–water partition coefficient (Wildman–Crippen LogP) is 4.30. The molecule has 2 aromatic rings. The number of para-hydroxylation sites is 1. The van der Waals surface area contributed by atoms with Crippen molar-refractivity contribution in [3.8, 4) is 0 Å². The summed E-state index contributed by atoms with van der Waals surface area (Å²) in [4.78, 5) is 19.1. The van der Waals surface area contributed by atoms with Crippen molar-refractivity contribution < 1.29 is 4.79 Å². The van der Waals surface area contributed by atoms with E-state index in [9.17, 15) is 4.79 Å². The van der Waals surface area contributed by atoms with Crippen LogP contribution in [0, 0.1) is 19.8 Å². The van der Waals surface area contributed by atoms with E-state index in [-0.39, 0.29) is 11.2 Å². The lowest BCUT2D eigenvalue weighted by atomic mass is 10.2. The van der Waals surface area contributed by atoms with Crippen molar-refractivity contribution in [3.05, 3.63) is 41.7 Å². The van der Waals surface area contributed by atoms with E-state index < -0.39 is 0 Å². The van der Waals surface area contributed by atoms with Gasteiger partial charge in [0.1, 0.15) is 0 Å². The third kappa shape index (κ3) is 4.20. The first-order valence-electron chi connectivity index (χ1n) is 8.34. The Morgan fingerprint density at radius 1 is 1.21 bits per heavy atom. The molecular formula is C19H27N3OS. The first kappa shape index (κ1) is 18.6. The van der Waals surface area contributed by atoms with Crippen molar-refractivity contribution in [3.63, 3.8) is 0 Å². The minimum Gasteiger partial charge on any atom is -0.323 e. The van der Waals surface area contributed by atoms with Crippen molar-refractivity contribution in [1.82, 2.24) is 9.55 Å². The topological polar surface area (TPSA) is 38.1 Å². The first-order chi connectivity index (χ1) is 11.3. The smallest absolute Gasteiger partial charge is 0.240 e. The van der Waals surface area contributed by atoms with Gasteiger partial charge in [-0.15, -0.1) is 0 Å². The number of carbonyl (C=O) groups is 1. The Labute approximate surface area is 149 Å². The van der Waals surface area contributed by atoms with Crippen LogP contribution in [0.25, 0.3) is 0 Å². The minimum atomic E-state index is -0.192. The summed E-state index contributed by atoms with van der Waals surface area (Å²) >= 11 is 1.54. The number of benzene rings is 1. The fourth-order valence-corrected chi connectivity index (χ4v) is 3.66. The highest BCUT2D eigenvalue weighted by molar-refractivity contribution is 8.00. The largest absolute Gasteiger partial charge is 0.323 e. The molecule has 0 saturated carbocycles. The lowest BCUT2D eigenvalue weighted by Crippen LogP contribution is -2.33. The molecule has 0 aliphatic heterocycles. The van der Waals surface area contributed by atoms with E-state index in [4.69, 9.17) is 0 Å². The molecule has 1 unspecified atom stereocenters. The molecule has 2 rings (SSSR count). The number of aryl methyl sites for hydroxylation is 1. The summed E-state index contributed by atoms with van der Waals surface area (Å²) in [7, 11) is 1.83. The summed E-state index contributed by atoms with van der Waals surface area (Å²) < 4.78 is 2.23. The van der Waals surface area contributed by atoms with E-state index in [2.05, 4.69) is 30.3 Å². The highest BCUT2D eigenvalue weighted by atomic mass is 32.2. The van der Waals surface area contributed by atoms with Crippen LogP contribution >= 0.6 is 11.8 Å². The first-order valence-corrected chi connectivity index (χ1v) is 9.22. The van der Waals surface area contributed by atoms with Crippen LogP contribution in [0.15, 0.2) is 35.5 Å². The number of aromatic nitrogens is 2. The molecule has 1 atom stereocenters. The monoisotopic (exact) mass is 345 g/mol. The van der Waals surface area contributed by atoms with Gasteiger partial charge in [-0.25, -0.2) is 4.98 Å². The second kappa shape index (κ2) is 7.88. The molecule has 1 amide bonds. The molecule has 24 heavy (non-hydrogen) atoms. The number of imidazole rings is 1. The molecule has 0 aliphatic carbocycles. The van der Waals surface area contributed by atoms with E-state index in [1.54, 1.807) is 4.90 Å². The molecule has 0 N–H and O–H groups in total. The number of rotatable bonds is 6. The van der Waals surface area contributed by atoms with Crippen molar-refractivity contribution in [1.29, 1.82) is 0 Å². The van der Waals surface area contributed by atoms with Gasteiger partial charge in [0, 0.05) is 25.0 Å². The Hall–Kier alpha value is -1.75. The second-order valence-electron chi connectivity index (χ2n) is 6.56. The summed E-state index contributed by atoms with van der Waals surface area (Å²) in [6.07, 6.45) is 0. The quantitative estimate of drug-likeness (QED) is 0.733. The molecule has 1 aromatic carbocycles. The number of carbonyl (C=O) groups excluding carboxylic acids is 1. The van der Waals surface area contributed by atoms with Crippen LogP contribution in [0.4, 0.5) is 5.69 Å². The van der Waals surface area contributed by atoms with Crippen molar-refractivity contribution in [2.45, 2.75) is 51.6 Å². The lowest BCUT2D eigenvalue weighted by Gasteiger charge is -2.21. The van der Waals surface area contributed by atoms with Gasteiger partial charge in [-0.2, -0.15) is 0 Å². The van der Waals surface area contributed by atoms with Gasteiger partial charge in [0.05, 0.1) is 10.9 Å². The van der Waals surface area contributed by atoms with Crippen LogP contribution in [0.5, 0.6) is 0 Å². The zero-order valence-electron chi connectivity index (χ0n) is 15.4. The van der Waals surface area contributed by atoms with Crippen LogP contribution in [0.1, 0.15) is 32.2 Å². The lowest BCUT2D eigenvalue weighted by molar-refractivity contribution is -0.117. The molecule has 0 spiro atoms. The number of hydrogen-bond donors (Lipinski definition) is 0. The van der Waals surface area contributed by atoms with Crippen LogP contribution in [-0.4, -0.2) is 27.8 Å². The molecule has 0 bridgehead atoms. The molecular weight excluding hydrogens is 318 g/mol. The summed E-state index contributed by atoms with van der Waals surface area (Å²) in [6.45, 7) is 11.4.